The van der Waals surface area contributed by atoms with Crippen molar-refractivity contribution in [3.05, 3.63) is 53.1 Å². The summed E-state index contributed by atoms with van der Waals surface area (Å²) in [6.45, 7) is 3.44. The van der Waals surface area contributed by atoms with Crippen molar-refractivity contribution >= 4 is 56.0 Å². The SMILES string of the molecule is CCSc1cccc(C(=O)N(CCN(C)C)c2nc3ccc(Cl)cc3s2)c1. The molecule has 0 saturated heterocycles. The van der Waals surface area contributed by atoms with E-state index < -0.39 is 0 Å². The van der Waals surface area contributed by atoms with Gasteiger partial charge < -0.3 is 4.90 Å². The Morgan fingerprint density at radius 1 is 1.19 bits per heavy atom. The Morgan fingerprint density at radius 3 is 2.74 bits per heavy atom. The van der Waals surface area contributed by atoms with Gasteiger partial charge in [0.2, 0.25) is 0 Å². The van der Waals surface area contributed by atoms with Gasteiger partial charge in [0.15, 0.2) is 5.13 Å². The number of fused-ring (bicyclic) bond motifs is 1. The average molecular weight is 420 g/mol. The van der Waals surface area contributed by atoms with Gasteiger partial charge in [0.05, 0.1) is 10.2 Å². The van der Waals surface area contributed by atoms with E-state index in [1.807, 2.05) is 56.6 Å². The summed E-state index contributed by atoms with van der Waals surface area (Å²) in [7, 11) is 4.00. The number of nitrogens with zero attached hydrogens (tertiary/aromatic N) is 3. The first kappa shape index (κ1) is 20.1. The molecule has 1 aromatic heterocycles. The molecule has 142 valence electrons. The van der Waals surface area contributed by atoms with E-state index in [-0.39, 0.29) is 5.91 Å². The zero-order valence-corrected chi connectivity index (χ0v) is 18.0. The van der Waals surface area contributed by atoms with E-state index in [0.29, 0.717) is 22.3 Å². The van der Waals surface area contributed by atoms with Gasteiger partial charge in [-0.15, -0.1) is 11.8 Å². The maximum Gasteiger partial charge on any atom is 0.260 e. The van der Waals surface area contributed by atoms with Gasteiger partial charge in [-0.1, -0.05) is 35.9 Å². The van der Waals surface area contributed by atoms with E-state index in [9.17, 15) is 4.79 Å². The molecule has 0 unspecified atom stereocenters. The highest BCUT2D eigenvalue weighted by Crippen LogP contribution is 2.31. The van der Waals surface area contributed by atoms with Crippen LogP contribution >= 0.6 is 34.7 Å². The minimum absolute atomic E-state index is 0.0273. The highest BCUT2D eigenvalue weighted by atomic mass is 35.5. The molecule has 0 fully saturated rings. The third-order valence-corrected chi connectivity index (χ3v) is 6.13. The smallest absolute Gasteiger partial charge is 0.260 e. The fraction of sp³-hybridized carbons (Fsp3) is 0.300. The van der Waals surface area contributed by atoms with Gasteiger partial charge in [0.1, 0.15) is 0 Å². The summed E-state index contributed by atoms with van der Waals surface area (Å²) >= 11 is 9.33. The third-order valence-electron chi connectivity index (χ3n) is 3.98. The zero-order valence-electron chi connectivity index (χ0n) is 15.6. The van der Waals surface area contributed by atoms with Crippen LogP contribution in [0.4, 0.5) is 5.13 Å². The number of hydrogen-bond acceptors (Lipinski definition) is 5. The van der Waals surface area contributed by atoms with Crippen molar-refractivity contribution in [1.29, 1.82) is 0 Å². The summed E-state index contributed by atoms with van der Waals surface area (Å²) in [5, 5.41) is 1.38. The van der Waals surface area contributed by atoms with Crippen LogP contribution in [-0.2, 0) is 0 Å². The van der Waals surface area contributed by atoms with Crippen molar-refractivity contribution in [3.8, 4) is 0 Å². The summed E-state index contributed by atoms with van der Waals surface area (Å²) in [6, 6.07) is 13.4. The number of amides is 1. The number of aromatic nitrogens is 1. The molecule has 0 aliphatic carbocycles. The second-order valence-corrected chi connectivity index (χ2v) is 9.11. The summed E-state index contributed by atoms with van der Waals surface area (Å²) in [4.78, 5) is 22.9. The molecular weight excluding hydrogens is 398 g/mol. The molecule has 3 aromatic rings. The maximum absolute atomic E-state index is 13.3. The molecule has 0 bridgehead atoms. The first-order valence-electron chi connectivity index (χ1n) is 8.73. The summed E-state index contributed by atoms with van der Waals surface area (Å²) in [5.41, 5.74) is 1.54. The molecule has 27 heavy (non-hydrogen) atoms. The van der Waals surface area contributed by atoms with Crippen LogP contribution in [0.3, 0.4) is 0 Å². The summed E-state index contributed by atoms with van der Waals surface area (Å²) in [5.74, 6) is 0.946. The Morgan fingerprint density at radius 2 is 2.00 bits per heavy atom. The van der Waals surface area contributed by atoms with Crippen LogP contribution in [-0.4, -0.2) is 48.7 Å². The predicted molar refractivity (Wildman–Crippen MR) is 118 cm³/mol. The van der Waals surface area contributed by atoms with Crippen molar-refractivity contribution in [2.75, 3.05) is 37.8 Å². The molecule has 2 aromatic carbocycles. The summed E-state index contributed by atoms with van der Waals surface area (Å²) < 4.78 is 0.982. The van der Waals surface area contributed by atoms with Crippen LogP contribution in [0.2, 0.25) is 5.02 Å². The normalized spacial score (nSPS) is 11.3. The molecule has 0 N–H and O–H groups in total. The molecular formula is C20H22ClN3OS2. The number of thiazole rings is 1. The van der Waals surface area contributed by atoms with Crippen molar-refractivity contribution in [2.24, 2.45) is 0 Å². The van der Waals surface area contributed by atoms with Crippen molar-refractivity contribution < 1.29 is 4.79 Å². The maximum atomic E-state index is 13.3. The van der Waals surface area contributed by atoms with E-state index in [0.717, 1.165) is 27.4 Å². The Balaban J connectivity index is 1.96. The molecule has 0 aliphatic heterocycles. The lowest BCUT2D eigenvalue weighted by Crippen LogP contribution is -2.36. The predicted octanol–water partition coefficient (Wildman–Crippen LogP) is 5.27. The molecule has 4 nitrogen and oxygen atoms in total. The number of rotatable bonds is 7. The highest BCUT2D eigenvalue weighted by molar-refractivity contribution is 7.99. The van der Waals surface area contributed by atoms with Crippen molar-refractivity contribution in [1.82, 2.24) is 9.88 Å². The lowest BCUT2D eigenvalue weighted by Gasteiger charge is -2.22. The standard InChI is InChI=1S/C20H22ClN3OS2/c1-4-26-16-7-5-6-14(12-16)19(25)24(11-10-23(2)3)20-22-17-9-8-15(21)13-18(17)27-20/h5-9,12-13H,4,10-11H2,1-3H3. The number of carbonyl (C=O) groups is 1. The lowest BCUT2D eigenvalue weighted by atomic mass is 10.2. The molecule has 7 heteroatoms. The van der Waals surface area contributed by atoms with Gasteiger partial charge in [-0.25, -0.2) is 4.98 Å². The molecule has 0 spiro atoms. The number of thioether (sulfide) groups is 1. The van der Waals surface area contributed by atoms with Crippen LogP contribution in [0.5, 0.6) is 0 Å². The number of benzene rings is 2. The second kappa shape index (κ2) is 9.06. The molecule has 0 atom stereocenters. The van der Waals surface area contributed by atoms with Gasteiger partial charge in [-0.2, -0.15) is 0 Å². The molecule has 3 rings (SSSR count). The van der Waals surface area contributed by atoms with Gasteiger partial charge in [0, 0.05) is 28.6 Å². The van der Waals surface area contributed by atoms with E-state index in [4.69, 9.17) is 11.6 Å². The van der Waals surface area contributed by atoms with Crippen LogP contribution in [0.1, 0.15) is 17.3 Å². The van der Waals surface area contributed by atoms with Gasteiger partial charge in [0.25, 0.3) is 5.91 Å². The first-order valence-corrected chi connectivity index (χ1v) is 10.9. The van der Waals surface area contributed by atoms with E-state index in [1.165, 1.54) is 11.3 Å². The van der Waals surface area contributed by atoms with E-state index in [1.54, 1.807) is 16.7 Å². The van der Waals surface area contributed by atoms with E-state index >= 15 is 0 Å². The molecule has 0 saturated carbocycles. The number of anilines is 1. The van der Waals surface area contributed by atoms with Gasteiger partial charge in [-0.05, 0) is 56.2 Å². The topological polar surface area (TPSA) is 36.4 Å². The summed E-state index contributed by atoms with van der Waals surface area (Å²) in [6.07, 6.45) is 0. The number of hydrogen-bond donors (Lipinski definition) is 0. The fourth-order valence-corrected chi connectivity index (χ4v) is 4.61. The van der Waals surface area contributed by atoms with Crippen LogP contribution < -0.4 is 4.90 Å². The number of likely N-dealkylation sites (N-methyl/N-ethyl adjacent to an activating group) is 1. The van der Waals surface area contributed by atoms with E-state index in [2.05, 4.69) is 16.8 Å². The first-order chi connectivity index (χ1) is 13.0. The monoisotopic (exact) mass is 419 g/mol. The lowest BCUT2D eigenvalue weighted by molar-refractivity contribution is 0.0985. The van der Waals surface area contributed by atoms with Crippen molar-refractivity contribution in [3.63, 3.8) is 0 Å². The minimum Gasteiger partial charge on any atom is -0.308 e. The second-order valence-electron chi connectivity index (χ2n) is 6.33. The molecule has 0 aliphatic rings. The third kappa shape index (κ3) is 5.02. The fourth-order valence-electron chi connectivity index (χ4n) is 2.63. The molecule has 1 amide bonds. The average Bonchev–Trinajstić information content (AvgIpc) is 3.04. The van der Waals surface area contributed by atoms with Gasteiger partial charge in [-0.3, -0.25) is 9.69 Å². The number of carbonyl (C=O) groups excluding carboxylic acids is 1. The molecule has 1 heterocycles. The number of halogens is 1. The Kier molecular flexibility index (Phi) is 6.76. The van der Waals surface area contributed by atoms with Crippen molar-refractivity contribution in [2.45, 2.75) is 11.8 Å². The Bertz CT molecular complexity index is 942. The Hall–Kier alpha value is -1.60. The van der Waals surface area contributed by atoms with Crippen LogP contribution in [0.25, 0.3) is 10.2 Å². The van der Waals surface area contributed by atoms with Gasteiger partial charge >= 0.3 is 0 Å². The molecule has 0 radical (unpaired) electrons. The minimum atomic E-state index is -0.0273. The largest absolute Gasteiger partial charge is 0.308 e. The Labute approximate surface area is 173 Å². The van der Waals surface area contributed by atoms with Crippen LogP contribution in [0.15, 0.2) is 47.4 Å². The zero-order chi connectivity index (χ0) is 19.4. The highest BCUT2D eigenvalue weighted by Gasteiger charge is 2.21. The quantitative estimate of drug-likeness (QED) is 0.489. The van der Waals surface area contributed by atoms with Crippen LogP contribution in [0, 0.1) is 0 Å².